The minimum Gasteiger partial charge on any atom is -0.337 e. The third-order valence-electron chi connectivity index (χ3n) is 9.53. The zero-order valence-corrected chi connectivity index (χ0v) is 22.2. The summed E-state index contributed by atoms with van der Waals surface area (Å²) < 4.78 is 2.64. The summed E-state index contributed by atoms with van der Waals surface area (Å²) in [5, 5.41) is 0. The second kappa shape index (κ2) is 9.05. The minimum absolute atomic E-state index is 0.412. The van der Waals surface area contributed by atoms with Crippen LogP contribution in [0.3, 0.4) is 0 Å². The van der Waals surface area contributed by atoms with Gasteiger partial charge in [-0.15, -0.1) is 0 Å². The molecule has 2 nitrogen and oxygen atoms in total. The summed E-state index contributed by atoms with van der Waals surface area (Å²) in [4.78, 5) is 2.67. The van der Waals surface area contributed by atoms with Crippen molar-refractivity contribution in [2.45, 2.75) is 69.7 Å². The molecule has 3 atom stereocenters. The average molecular weight is 497 g/mol. The molecule has 6 aliphatic carbocycles. The second-order valence-electron chi connectivity index (χ2n) is 11.6. The Kier molecular flexibility index (Phi) is 5.35. The molecule has 1 aliphatic heterocycles. The van der Waals surface area contributed by atoms with E-state index in [-0.39, 0.29) is 0 Å². The van der Waals surface area contributed by atoms with Crippen LogP contribution in [0, 0.1) is 5.92 Å². The van der Waals surface area contributed by atoms with Crippen LogP contribution in [0.5, 0.6) is 0 Å². The van der Waals surface area contributed by atoms with Gasteiger partial charge in [0.05, 0.1) is 6.04 Å². The molecule has 2 heterocycles. The van der Waals surface area contributed by atoms with Gasteiger partial charge in [-0.3, -0.25) is 0 Å². The molecule has 1 aromatic heterocycles. The molecular weight excluding hydrogens is 460 g/mol. The normalized spacial score (nSPS) is 28.6. The molecule has 0 N–H and O–H groups in total. The molecule has 0 saturated heterocycles. The van der Waals surface area contributed by atoms with E-state index >= 15 is 0 Å². The van der Waals surface area contributed by atoms with E-state index < -0.39 is 0 Å². The lowest BCUT2D eigenvalue weighted by molar-refractivity contribution is 0.362. The van der Waals surface area contributed by atoms with Gasteiger partial charge in [-0.2, -0.15) is 0 Å². The Labute approximate surface area is 226 Å². The summed E-state index contributed by atoms with van der Waals surface area (Å²) in [6.45, 7) is 0. The molecule has 38 heavy (non-hydrogen) atoms. The topological polar surface area (TPSA) is 8.17 Å². The van der Waals surface area contributed by atoms with Crippen LogP contribution in [0.25, 0.3) is 17.8 Å². The lowest BCUT2D eigenvalue weighted by atomic mass is 9.78. The Morgan fingerprint density at radius 3 is 2.37 bits per heavy atom. The number of hydrogen-bond acceptors (Lipinski definition) is 1. The summed E-state index contributed by atoms with van der Waals surface area (Å²) in [5.41, 5.74) is 13.6. The first-order chi connectivity index (χ1) is 18.9. The maximum absolute atomic E-state index is 2.67. The monoisotopic (exact) mass is 496 g/mol. The molecule has 7 aliphatic rings. The number of fused-ring (bicyclic) bond motifs is 5. The molecule has 0 bridgehead atoms. The molecule has 2 heteroatoms. The van der Waals surface area contributed by atoms with Gasteiger partial charge in [0, 0.05) is 40.3 Å². The summed E-state index contributed by atoms with van der Waals surface area (Å²) in [6.07, 6.45) is 46.3. The number of allylic oxidation sites excluding steroid dienone is 14. The van der Waals surface area contributed by atoms with Crippen molar-refractivity contribution in [2.75, 3.05) is 0 Å². The van der Waals surface area contributed by atoms with Crippen molar-refractivity contribution in [3.05, 3.63) is 124 Å². The van der Waals surface area contributed by atoms with Crippen LogP contribution in [-0.4, -0.2) is 15.5 Å². The molecular formula is C36H36N2. The van der Waals surface area contributed by atoms with Crippen LogP contribution >= 0.6 is 0 Å². The van der Waals surface area contributed by atoms with E-state index in [9.17, 15) is 0 Å². The van der Waals surface area contributed by atoms with Crippen LogP contribution in [0.2, 0.25) is 0 Å². The number of aromatic nitrogens is 1. The van der Waals surface area contributed by atoms with E-state index in [2.05, 4.69) is 101 Å². The molecule has 0 fully saturated rings. The smallest absolute Gasteiger partial charge is 0.0626 e. The van der Waals surface area contributed by atoms with Crippen molar-refractivity contribution >= 4 is 17.8 Å². The molecule has 0 spiro atoms. The molecule has 8 rings (SSSR count). The highest BCUT2D eigenvalue weighted by atomic mass is 15.2. The van der Waals surface area contributed by atoms with Crippen LogP contribution < -0.4 is 0 Å². The van der Waals surface area contributed by atoms with Gasteiger partial charge in [-0.1, -0.05) is 78.5 Å². The Morgan fingerprint density at radius 1 is 0.711 bits per heavy atom. The third kappa shape index (κ3) is 3.39. The molecule has 0 amide bonds. The Balaban J connectivity index is 1.25. The van der Waals surface area contributed by atoms with E-state index in [1.807, 2.05) is 0 Å². The first-order valence-electron chi connectivity index (χ1n) is 14.8. The Hall–Kier alpha value is -3.52. The predicted octanol–water partition coefficient (Wildman–Crippen LogP) is 8.77. The average Bonchev–Trinajstić information content (AvgIpc) is 3.51. The van der Waals surface area contributed by atoms with E-state index in [1.165, 1.54) is 29.1 Å². The van der Waals surface area contributed by atoms with Gasteiger partial charge < -0.3 is 9.47 Å². The maximum Gasteiger partial charge on any atom is 0.0626 e. The van der Waals surface area contributed by atoms with Gasteiger partial charge in [0.2, 0.25) is 0 Å². The van der Waals surface area contributed by atoms with Gasteiger partial charge in [0.15, 0.2) is 0 Å². The molecule has 0 saturated carbocycles. The molecule has 1 aromatic rings. The van der Waals surface area contributed by atoms with Crippen LogP contribution in [0.15, 0.2) is 102 Å². The summed E-state index contributed by atoms with van der Waals surface area (Å²) >= 11 is 0. The highest BCUT2D eigenvalue weighted by Gasteiger charge is 2.41. The van der Waals surface area contributed by atoms with Crippen LogP contribution in [-0.2, 0) is 6.42 Å². The van der Waals surface area contributed by atoms with E-state index in [1.54, 1.807) is 28.1 Å². The van der Waals surface area contributed by atoms with Crippen molar-refractivity contribution in [2.24, 2.45) is 5.92 Å². The maximum atomic E-state index is 2.67. The standard InChI is InChI=1S/C36H36N2/c1-3-12-26(13-4-1)37-33-20-9-8-17-30(33)32-24-25(22-23-35(32)37)28-18-11-19-31-29-16-7-10-21-34(29)38(36(28)31)27-14-5-2-6-15-27/h3,5,8-15,17,19-21,24,28,30,33H,1-2,4,6-7,16,18,22-23H2. The van der Waals surface area contributed by atoms with E-state index in [0.29, 0.717) is 17.9 Å². The van der Waals surface area contributed by atoms with Gasteiger partial charge in [0.1, 0.15) is 0 Å². The molecule has 0 aromatic carbocycles. The predicted molar refractivity (Wildman–Crippen MR) is 159 cm³/mol. The lowest BCUT2D eigenvalue weighted by Gasteiger charge is -2.33. The number of rotatable bonds is 3. The molecule has 0 radical (unpaired) electrons. The molecule has 190 valence electrons. The SMILES string of the molecule is C1=CC2C3=C(CCC(C4CC=Cc5c6c(n(C7=CCCC=C7)c54)C=CCC6)=C3)N(C3=CCCC=C3)C2C=C1. The highest BCUT2D eigenvalue weighted by Crippen LogP contribution is 2.50. The summed E-state index contributed by atoms with van der Waals surface area (Å²) in [6, 6.07) is 0.412. The van der Waals surface area contributed by atoms with E-state index in [0.717, 1.165) is 51.4 Å². The largest absolute Gasteiger partial charge is 0.337 e. The van der Waals surface area contributed by atoms with Crippen molar-refractivity contribution in [3.63, 3.8) is 0 Å². The van der Waals surface area contributed by atoms with Crippen molar-refractivity contribution in [1.82, 2.24) is 9.47 Å². The quantitative estimate of drug-likeness (QED) is 0.406. The van der Waals surface area contributed by atoms with E-state index in [4.69, 9.17) is 0 Å². The highest BCUT2D eigenvalue weighted by molar-refractivity contribution is 5.76. The number of hydrogen-bond donors (Lipinski definition) is 0. The van der Waals surface area contributed by atoms with Crippen molar-refractivity contribution in [3.8, 4) is 0 Å². The van der Waals surface area contributed by atoms with Crippen LogP contribution in [0.4, 0.5) is 0 Å². The first-order valence-corrected chi connectivity index (χ1v) is 14.8. The molecule has 3 unspecified atom stereocenters. The fraction of sp³-hybridized carbons (Fsp3) is 0.333. The minimum atomic E-state index is 0.412. The zero-order chi connectivity index (χ0) is 25.1. The fourth-order valence-corrected chi connectivity index (χ4v) is 7.87. The zero-order valence-electron chi connectivity index (χ0n) is 22.2. The fourth-order valence-electron chi connectivity index (χ4n) is 7.87. The van der Waals surface area contributed by atoms with Gasteiger partial charge in [0.25, 0.3) is 0 Å². The van der Waals surface area contributed by atoms with Crippen LogP contribution in [0.1, 0.15) is 79.8 Å². The Bertz CT molecular complexity index is 1500. The van der Waals surface area contributed by atoms with Gasteiger partial charge >= 0.3 is 0 Å². The van der Waals surface area contributed by atoms with Crippen molar-refractivity contribution in [1.29, 1.82) is 0 Å². The van der Waals surface area contributed by atoms with Gasteiger partial charge in [-0.05, 0) is 92.7 Å². The van der Waals surface area contributed by atoms with Gasteiger partial charge in [-0.25, -0.2) is 0 Å². The Morgan fingerprint density at radius 2 is 1.53 bits per heavy atom. The first kappa shape index (κ1) is 22.5. The lowest BCUT2D eigenvalue weighted by Crippen LogP contribution is -2.32. The third-order valence-corrected chi connectivity index (χ3v) is 9.53. The van der Waals surface area contributed by atoms with Crippen molar-refractivity contribution < 1.29 is 0 Å². The summed E-state index contributed by atoms with van der Waals surface area (Å²) in [5.74, 6) is 0.899. The number of nitrogens with zero attached hydrogens (tertiary/aromatic N) is 2. The summed E-state index contributed by atoms with van der Waals surface area (Å²) in [7, 11) is 0. The second-order valence-corrected chi connectivity index (χ2v) is 11.6.